The Hall–Kier alpha value is -2.58. The van der Waals surface area contributed by atoms with Crippen molar-refractivity contribution in [2.24, 2.45) is 118 Å². The zero-order valence-corrected chi connectivity index (χ0v) is 46.9. The number of amides is 2. The predicted octanol–water partition coefficient (Wildman–Crippen LogP) is 12.4. The van der Waals surface area contributed by atoms with Gasteiger partial charge in [-0.1, -0.05) is 120 Å². The molecule has 1 unspecified atom stereocenters. The quantitative estimate of drug-likeness (QED) is 0.201. The lowest BCUT2D eigenvalue weighted by atomic mass is 9.33. The van der Waals surface area contributed by atoms with Crippen molar-refractivity contribution in [1.82, 2.24) is 0 Å². The highest BCUT2D eigenvalue weighted by molar-refractivity contribution is 5.96. The lowest BCUT2D eigenvalue weighted by Crippen LogP contribution is -2.67. The van der Waals surface area contributed by atoms with Gasteiger partial charge in [-0.05, 0) is 206 Å². The molecule has 0 saturated heterocycles. The largest absolute Gasteiger partial charge is 0.400 e. The Morgan fingerprint density at radius 1 is 0.543 bits per heavy atom. The van der Waals surface area contributed by atoms with Gasteiger partial charge >= 0.3 is 0 Å². The van der Waals surface area contributed by atoms with Crippen LogP contribution in [0, 0.1) is 100 Å². The van der Waals surface area contributed by atoms with Crippen LogP contribution in [0.25, 0.3) is 0 Å². The van der Waals surface area contributed by atoms with Gasteiger partial charge in [-0.2, -0.15) is 0 Å². The predicted molar refractivity (Wildman–Crippen MR) is 283 cm³/mol. The molecule has 0 bridgehead atoms. The van der Waals surface area contributed by atoms with E-state index in [1.165, 1.54) is 36.0 Å². The summed E-state index contributed by atoms with van der Waals surface area (Å²) in [5, 5.41) is 7.00. The van der Waals surface area contributed by atoms with Gasteiger partial charge in [0.2, 0.25) is 11.8 Å². The maximum absolute atomic E-state index is 14.3. The fraction of sp³-hybridized carbons (Fsp3) is 0.839. The molecule has 0 radical (unpaired) electrons. The highest BCUT2D eigenvalue weighted by Crippen LogP contribution is 2.77. The highest BCUT2D eigenvalue weighted by Gasteiger charge is 2.72. The molecule has 8 saturated carbocycles. The molecule has 8 fully saturated rings. The fourth-order valence-electron chi connectivity index (χ4n) is 20.7. The zero-order valence-electron chi connectivity index (χ0n) is 46.9. The molecular weight excluding hydrogens is 867 g/mol. The van der Waals surface area contributed by atoms with Crippen molar-refractivity contribution in [2.45, 2.75) is 219 Å². The zero-order chi connectivity index (χ0) is 52.2. The van der Waals surface area contributed by atoms with Crippen LogP contribution < -0.4 is 17.2 Å². The third-order valence-corrected chi connectivity index (χ3v) is 26.5. The van der Waals surface area contributed by atoms with E-state index in [0.717, 1.165) is 103 Å². The van der Waals surface area contributed by atoms with Crippen molar-refractivity contribution in [3.63, 3.8) is 0 Å². The first-order chi connectivity index (χ1) is 32.1. The van der Waals surface area contributed by atoms with E-state index < -0.39 is 10.8 Å². The monoisotopic (exact) mass is 966 g/mol. The van der Waals surface area contributed by atoms with Crippen LogP contribution in [-0.4, -0.2) is 41.6 Å². The second kappa shape index (κ2) is 16.5. The van der Waals surface area contributed by atoms with E-state index >= 15 is 0 Å². The maximum Gasteiger partial charge on any atom is 0.223 e. The molecule has 0 heterocycles. The summed E-state index contributed by atoms with van der Waals surface area (Å²) < 4.78 is 0. The second-order valence-electron chi connectivity index (χ2n) is 30.0. The van der Waals surface area contributed by atoms with Crippen molar-refractivity contribution in [1.29, 1.82) is 0 Å². The summed E-state index contributed by atoms with van der Waals surface area (Å²) in [6.45, 7) is 37.5. The van der Waals surface area contributed by atoms with Crippen LogP contribution in [0.3, 0.4) is 0 Å². The second-order valence-corrected chi connectivity index (χ2v) is 30.0. The lowest BCUT2D eigenvalue weighted by Gasteiger charge is -2.70. The number of allylic oxidation sites excluding steroid dienone is 5. The molecule has 8 nitrogen and oxygen atoms in total. The minimum atomic E-state index is -0.475. The van der Waals surface area contributed by atoms with Crippen molar-refractivity contribution >= 4 is 23.4 Å². The van der Waals surface area contributed by atoms with E-state index in [1.807, 2.05) is 0 Å². The summed E-state index contributed by atoms with van der Waals surface area (Å²) in [6.07, 6.45) is 22.9. The number of aliphatic hydroxyl groups excluding tert-OH is 1. The van der Waals surface area contributed by atoms with Crippen LogP contribution in [0.1, 0.15) is 213 Å². The summed E-state index contributed by atoms with van der Waals surface area (Å²) >= 11 is 0. The van der Waals surface area contributed by atoms with Crippen molar-refractivity contribution in [3.05, 3.63) is 35.5 Å². The average molecular weight is 966 g/mol. The number of hydrogen-bond acceptors (Lipinski definition) is 6. The molecule has 0 aliphatic heterocycles. The van der Waals surface area contributed by atoms with Crippen molar-refractivity contribution in [2.75, 3.05) is 7.11 Å². The van der Waals surface area contributed by atoms with Crippen LogP contribution in [0.2, 0.25) is 0 Å². The minimum absolute atomic E-state index is 0.00176. The number of nitrogens with two attached hydrogens (primary N) is 3. The van der Waals surface area contributed by atoms with Gasteiger partial charge in [-0.25, -0.2) is 0 Å². The molecule has 10 rings (SSSR count). The van der Waals surface area contributed by atoms with Crippen molar-refractivity contribution in [3.8, 4) is 0 Å². The molecular formula is C62H99N3O5. The number of hydrogen-bond donors (Lipinski definition) is 4. The van der Waals surface area contributed by atoms with Gasteiger partial charge in [0.15, 0.2) is 11.6 Å². The normalized spacial score (nSPS) is 51.6. The number of aliphatic hydroxyl groups is 1. The Morgan fingerprint density at radius 3 is 1.34 bits per heavy atom. The molecule has 10 aliphatic carbocycles. The highest BCUT2D eigenvalue weighted by atomic mass is 16.2. The smallest absolute Gasteiger partial charge is 0.223 e. The van der Waals surface area contributed by atoms with E-state index in [9.17, 15) is 19.2 Å². The molecule has 7 N–H and O–H groups in total. The summed E-state index contributed by atoms with van der Waals surface area (Å²) in [7, 11) is 1.00. The molecule has 0 spiro atoms. The number of fused-ring (bicyclic) bond motifs is 14. The third-order valence-electron chi connectivity index (χ3n) is 26.5. The number of rotatable bonds is 2. The standard InChI is InChI=1S/C31H47NO2.C30H48N2O2.CH4O/c1-19-9-11-29(6)23(26(19,2)3)10-12-31(8)24(29)22(33)17-20-21-18-28(5,25(32)34)14-13-27(21,4)15-16-30(20,31)7;1-25(2)21-8-11-30(7)23(28(21,5)10-9-22(25)31)20(33)16-18-19-17-27(4,24(32)34)13-12-26(19,3)14-15-29(18,30)6;1-2/h17,21,23-24H,1,9-16,18H2,2-8H3,(H2,32,34);16,19,21-23H,8-15,17,31H2,1-7H3,(H2,32,34);2H,1H3/t21-,23-,24+,27+,28-,29-,30+,31+;19-,21-,22?,23+,26+,27-,28-,29+,30+;/m00./s1. The minimum Gasteiger partial charge on any atom is -0.400 e. The topological polar surface area (TPSA) is 167 Å². The Kier molecular flexibility index (Phi) is 12.6. The molecule has 8 heteroatoms. The van der Waals surface area contributed by atoms with Crippen LogP contribution in [0.5, 0.6) is 0 Å². The van der Waals surface area contributed by atoms with Gasteiger partial charge in [0.25, 0.3) is 0 Å². The van der Waals surface area contributed by atoms with Crippen LogP contribution in [0.4, 0.5) is 0 Å². The Labute approximate surface area is 424 Å². The van der Waals surface area contributed by atoms with E-state index in [4.69, 9.17) is 22.3 Å². The molecule has 10 aliphatic rings. The fourth-order valence-corrected chi connectivity index (χ4v) is 20.7. The first-order valence-electron chi connectivity index (χ1n) is 28.1. The molecule has 0 aromatic heterocycles. The van der Waals surface area contributed by atoms with E-state index in [-0.39, 0.29) is 95.7 Å². The van der Waals surface area contributed by atoms with Gasteiger partial charge < -0.3 is 22.3 Å². The van der Waals surface area contributed by atoms with Gasteiger partial charge in [-0.15, -0.1) is 0 Å². The summed E-state index contributed by atoms with van der Waals surface area (Å²) in [4.78, 5) is 53.5. The van der Waals surface area contributed by atoms with Gasteiger partial charge in [0, 0.05) is 35.8 Å². The SMILES string of the molecule is C=C1CC[C@]2(C)[C@H]3C(=O)C=C4[C@@H]5C[C@@](C)(C(N)=O)CC[C@]5(C)CC[C@@]4(C)[C@]3(C)CC[C@H]2C1(C)C.CC1(C)C(N)CC[C@]2(C)[C@H]3C(=O)C=C4[C@@H]5C[C@@](C)(C(N)=O)CC[C@]5(C)CC[C@@]4(C)[C@]3(C)CC[C@@H]12.CO. The van der Waals surface area contributed by atoms with Gasteiger partial charge in [0.05, 0.1) is 0 Å². The number of carbonyl (C=O) groups is 4. The summed E-state index contributed by atoms with van der Waals surface area (Å²) in [5.74, 6) is 1.99. The van der Waals surface area contributed by atoms with E-state index in [0.29, 0.717) is 23.4 Å². The van der Waals surface area contributed by atoms with Crippen LogP contribution >= 0.6 is 0 Å². The molecule has 0 aromatic carbocycles. The first kappa shape index (κ1) is 53.7. The Balaban J connectivity index is 0.000000182. The van der Waals surface area contributed by atoms with Gasteiger partial charge in [-0.3, -0.25) is 19.2 Å². The molecule has 2 amide bonds. The molecule has 17 atom stereocenters. The Morgan fingerprint density at radius 2 is 0.929 bits per heavy atom. The summed E-state index contributed by atoms with van der Waals surface area (Å²) in [5.41, 5.74) is 22.0. The third kappa shape index (κ3) is 6.97. The molecule has 0 aromatic rings. The lowest BCUT2D eigenvalue weighted by molar-refractivity contribution is -0.187. The average Bonchev–Trinajstić information content (AvgIpc) is 3.27. The molecule has 392 valence electrons. The number of ketones is 2. The number of primary amides is 2. The number of carbonyl (C=O) groups excluding carboxylic acids is 4. The van der Waals surface area contributed by atoms with Crippen LogP contribution in [0.15, 0.2) is 35.5 Å². The van der Waals surface area contributed by atoms with Crippen molar-refractivity contribution < 1.29 is 24.3 Å². The van der Waals surface area contributed by atoms with Gasteiger partial charge in [0.1, 0.15) is 0 Å². The Bertz CT molecular complexity index is 2290. The maximum atomic E-state index is 14.3. The van der Waals surface area contributed by atoms with Crippen LogP contribution in [-0.2, 0) is 19.2 Å². The van der Waals surface area contributed by atoms with E-state index in [1.54, 1.807) is 0 Å². The first-order valence-corrected chi connectivity index (χ1v) is 28.1. The summed E-state index contributed by atoms with van der Waals surface area (Å²) in [6, 6.07) is 0.208. The van der Waals surface area contributed by atoms with E-state index in [2.05, 4.69) is 116 Å². The molecule has 70 heavy (non-hydrogen) atoms.